The van der Waals surface area contributed by atoms with E-state index in [0.717, 1.165) is 49.4 Å². The second-order valence-electron chi connectivity index (χ2n) is 7.04. The van der Waals surface area contributed by atoms with Crippen molar-refractivity contribution in [2.75, 3.05) is 4.72 Å². The summed E-state index contributed by atoms with van der Waals surface area (Å²) in [6, 6.07) is 15.7. The van der Waals surface area contributed by atoms with Crippen molar-refractivity contribution in [2.45, 2.75) is 32.2 Å². The molecule has 156 valence electrons. The molecule has 1 aliphatic heterocycles. The highest BCUT2D eigenvalue weighted by Crippen LogP contribution is 2.31. The van der Waals surface area contributed by atoms with E-state index in [9.17, 15) is 8.42 Å². The van der Waals surface area contributed by atoms with Gasteiger partial charge >= 0.3 is 0 Å². The Balaban J connectivity index is 1.63. The van der Waals surface area contributed by atoms with E-state index in [1.165, 1.54) is 0 Å². The van der Waals surface area contributed by atoms with E-state index in [4.69, 9.17) is 23.2 Å². The van der Waals surface area contributed by atoms with Crippen molar-refractivity contribution in [3.8, 4) is 11.4 Å². The molecule has 1 aromatic heterocycles. The third-order valence-corrected chi connectivity index (χ3v) is 7.51. The number of nitrogens with one attached hydrogen (secondary N) is 1. The molecule has 0 bridgehead atoms. The average Bonchev–Trinajstić information content (AvgIpc) is 3.01. The van der Waals surface area contributed by atoms with Crippen LogP contribution in [0.5, 0.6) is 0 Å². The van der Waals surface area contributed by atoms with Gasteiger partial charge in [-0.25, -0.2) is 8.42 Å². The lowest BCUT2D eigenvalue weighted by Crippen LogP contribution is -2.13. The summed E-state index contributed by atoms with van der Waals surface area (Å²) in [5.41, 5.74) is 1.67. The van der Waals surface area contributed by atoms with Crippen LogP contribution >= 0.6 is 23.2 Å². The number of fused-ring (bicyclic) bond motifs is 1. The highest BCUT2D eigenvalue weighted by molar-refractivity contribution is 7.98. The quantitative estimate of drug-likeness (QED) is 0.563. The van der Waals surface area contributed by atoms with E-state index in [1.54, 1.807) is 42.5 Å². The van der Waals surface area contributed by atoms with E-state index >= 15 is 0 Å². The number of aromatic nitrogens is 3. The van der Waals surface area contributed by atoms with Crippen LogP contribution in [0.1, 0.15) is 30.7 Å². The third-order valence-electron chi connectivity index (χ3n) is 4.92. The number of rotatable bonds is 5. The van der Waals surface area contributed by atoms with E-state index in [2.05, 4.69) is 19.5 Å². The summed E-state index contributed by atoms with van der Waals surface area (Å²) in [5.74, 6) is 1.70. The largest absolute Gasteiger partial charge is 0.311 e. The number of hydrogen-bond acceptors (Lipinski definition) is 4. The van der Waals surface area contributed by atoms with Crippen LogP contribution in [0.2, 0.25) is 0 Å². The molecule has 4 rings (SSSR count). The molecule has 1 N–H and O–H groups in total. The monoisotopic (exact) mass is 462 g/mol. The van der Waals surface area contributed by atoms with Crippen LogP contribution in [-0.4, -0.2) is 23.2 Å². The van der Waals surface area contributed by atoms with Gasteiger partial charge in [0.1, 0.15) is 5.82 Å². The first kappa shape index (κ1) is 20.9. The lowest BCUT2D eigenvalue weighted by molar-refractivity contribution is 0.609. The maximum absolute atomic E-state index is 12.8. The Morgan fingerprint density at radius 1 is 0.967 bits per heavy atom. The van der Waals surface area contributed by atoms with Gasteiger partial charge in [0.05, 0.1) is 5.03 Å². The maximum Gasteiger partial charge on any atom is 0.274 e. The molecule has 3 aromatic rings. The number of hydrogen-bond donors (Lipinski definition) is 1. The number of benzene rings is 2. The Morgan fingerprint density at radius 3 is 2.57 bits per heavy atom. The van der Waals surface area contributed by atoms with Gasteiger partial charge in [-0.15, -0.1) is 10.2 Å². The van der Waals surface area contributed by atoms with Crippen LogP contribution in [0.3, 0.4) is 0 Å². The fourth-order valence-electron chi connectivity index (χ4n) is 3.44. The highest BCUT2D eigenvalue weighted by atomic mass is 35.5. The topological polar surface area (TPSA) is 76.9 Å². The predicted octanol–water partition coefficient (Wildman–Crippen LogP) is 5.22. The molecule has 0 saturated heterocycles. The van der Waals surface area contributed by atoms with Gasteiger partial charge < -0.3 is 4.57 Å². The molecular weight excluding hydrogens is 443 g/mol. The molecule has 1 aliphatic rings. The van der Waals surface area contributed by atoms with Crippen LogP contribution in [0, 0.1) is 0 Å². The third kappa shape index (κ3) is 4.38. The summed E-state index contributed by atoms with van der Waals surface area (Å²) < 4.78 is 29.7. The van der Waals surface area contributed by atoms with Crippen molar-refractivity contribution < 1.29 is 8.42 Å². The SMILES string of the molecule is O=S(=O)(Nc1cccc(-c2nnc3n2CCCCC3)c1)C(Cl)=C(Cl)c1ccccc1. The van der Waals surface area contributed by atoms with Gasteiger partial charge in [0.15, 0.2) is 10.2 Å². The van der Waals surface area contributed by atoms with Gasteiger partial charge in [0.25, 0.3) is 10.0 Å². The molecule has 0 aliphatic carbocycles. The number of sulfonamides is 1. The first-order valence-electron chi connectivity index (χ1n) is 9.62. The lowest BCUT2D eigenvalue weighted by atomic mass is 10.2. The molecule has 0 spiro atoms. The molecule has 0 atom stereocenters. The van der Waals surface area contributed by atoms with E-state index in [-0.39, 0.29) is 5.03 Å². The second kappa shape index (κ2) is 8.79. The zero-order chi connectivity index (χ0) is 21.1. The Hall–Kier alpha value is -2.35. The normalized spacial score (nSPS) is 15.1. The molecule has 0 radical (unpaired) electrons. The maximum atomic E-state index is 12.8. The molecule has 0 fully saturated rings. The van der Waals surface area contributed by atoms with E-state index < -0.39 is 14.4 Å². The van der Waals surface area contributed by atoms with Gasteiger partial charge in [0.2, 0.25) is 0 Å². The zero-order valence-corrected chi connectivity index (χ0v) is 18.4. The summed E-state index contributed by atoms with van der Waals surface area (Å²) in [7, 11) is -4.05. The molecule has 0 saturated carbocycles. The summed E-state index contributed by atoms with van der Waals surface area (Å²) in [4.78, 5) is 0. The fraction of sp³-hybridized carbons (Fsp3) is 0.238. The van der Waals surface area contributed by atoms with Crippen molar-refractivity contribution in [1.29, 1.82) is 0 Å². The average molecular weight is 463 g/mol. The van der Waals surface area contributed by atoms with Crippen LogP contribution in [0.25, 0.3) is 16.4 Å². The van der Waals surface area contributed by atoms with Crippen molar-refractivity contribution in [1.82, 2.24) is 14.8 Å². The molecule has 2 heterocycles. The first-order valence-corrected chi connectivity index (χ1v) is 11.9. The summed E-state index contributed by atoms with van der Waals surface area (Å²) >= 11 is 12.4. The van der Waals surface area contributed by atoms with Crippen molar-refractivity contribution in [3.63, 3.8) is 0 Å². The van der Waals surface area contributed by atoms with Gasteiger partial charge in [-0.3, -0.25) is 4.72 Å². The van der Waals surface area contributed by atoms with E-state index in [1.807, 2.05) is 12.1 Å². The summed E-state index contributed by atoms with van der Waals surface area (Å²) in [6.45, 7) is 0.856. The van der Waals surface area contributed by atoms with Crippen molar-refractivity contribution >= 4 is 43.9 Å². The minimum absolute atomic E-state index is 0.0382. The Morgan fingerprint density at radius 2 is 1.77 bits per heavy atom. The Labute approximate surface area is 185 Å². The number of nitrogens with zero attached hydrogens (tertiary/aromatic N) is 3. The standard InChI is InChI=1S/C21H20Cl2N4O2S/c22-19(15-8-3-1-4-9-15)20(23)30(28,29)26-17-11-7-10-16(14-17)21-25-24-18-12-5-2-6-13-27(18)21/h1,3-4,7-11,14,26H,2,5-6,12-13H2. The molecule has 6 nitrogen and oxygen atoms in total. The Kier molecular flexibility index (Phi) is 6.13. The minimum Gasteiger partial charge on any atom is -0.311 e. The summed E-state index contributed by atoms with van der Waals surface area (Å²) in [6.07, 6.45) is 4.24. The smallest absolute Gasteiger partial charge is 0.274 e. The molecular formula is C21H20Cl2N4O2S. The van der Waals surface area contributed by atoms with E-state index in [0.29, 0.717) is 11.3 Å². The first-order chi connectivity index (χ1) is 14.5. The lowest BCUT2D eigenvalue weighted by Gasteiger charge is -2.11. The summed E-state index contributed by atoms with van der Waals surface area (Å²) in [5, 5.41) is 8.60. The van der Waals surface area contributed by atoms with Gasteiger partial charge in [-0.2, -0.15) is 0 Å². The molecule has 2 aromatic carbocycles. The zero-order valence-electron chi connectivity index (χ0n) is 16.1. The van der Waals surface area contributed by atoms with Crippen molar-refractivity contribution in [3.05, 3.63) is 70.3 Å². The fourth-order valence-corrected chi connectivity index (χ4v) is 4.97. The van der Waals surface area contributed by atoms with Crippen LogP contribution in [-0.2, 0) is 23.0 Å². The Bertz CT molecular complexity index is 1190. The number of anilines is 1. The molecule has 0 unspecified atom stereocenters. The number of aryl methyl sites for hydroxylation is 1. The molecule has 30 heavy (non-hydrogen) atoms. The highest BCUT2D eigenvalue weighted by Gasteiger charge is 2.22. The van der Waals surface area contributed by atoms with Crippen molar-refractivity contribution in [2.24, 2.45) is 0 Å². The van der Waals surface area contributed by atoms with Gasteiger partial charge in [-0.1, -0.05) is 72.1 Å². The minimum atomic E-state index is -4.05. The van der Waals surface area contributed by atoms with Crippen LogP contribution in [0.15, 0.2) is 59.0 Å². The van der Waals surface area contributed by atoms with Gasteiger partial charge in [0, 0.05) is 24.2 Å². The molecule has 9 heteroatoms. The van der Waals surface area contributed by atoms with Gasteiger partial charge in [-0.05, 0) is 30.5 Å². The second-order valence-corrected chi connectivity index (χ2v) is 9.64. The molecule has 0 amide bonds. The van der Waals surface area contributed by atoms with Crippen LogP contribution in [0.4, 0.5) is 5.69 Å². The number of halogens is 2. The predicted molar refractivity (Wildman–Crippen MR) is 121 cm³/mol. The van der Waals surface area contributed by atoms with Crippen LogP contribution < -0.4 is 4.72 Å².